The molecule has 0 saturated heterocycles. The van der Waals surface area contributed by atoms with E-state index in [9.17, 15) is 9.59 Å². The summed E-state index contributed by atoms with van der Waals surface area (Å²) in [4.78, 5) is 31.1. The number of carbonyl (C=O) groups excluding carboxylic acids is 1. The van der Waals surface area contributed by atoms with Gasteiger partial charge in [-0.25, -0.2) is 4.98 Å². The number of nitrogens with zero attached hydrogens (tertiary/aromatic N) is 2. The van der Waals surface area contributed by atoms with Crippen LogP contribution in [-0.4, -0.2) is 35.2 Å². The second kappa shape index (κ2) is 9.02. The van der Waals surface area contributed by atoms with Gasteiger partial charge < -0.3 is 10.1 Å². The van der Waals surface area contributed by atoms with Crippen molar-refractivity contribution in [2.45, 2.75) is 42.3 Å². The summed E-state index contributed by atoms with van der Waals surface area (Å²) in [6, 6.07) is 17.0. The number of carbonyl (C=O) groups is 1. The molecule has 1 aliphatic rings. The molecule has 2 atom stereocenters. The first-order valence-corrected chi connectivity index (χ1v) is 11.0. The molecule has 1 aromatic heterocycles. The summed E-state index contributed by atoms with van der Waals surface area (Å²) in [6.07, 6.45) is 2.03. The third-order valence-corrected chi connectivity index (χ3v) is 6.33. The highest BCUT2D eigenvalue weighted by atomic mass is 32.2. The predicted octanol–water partition coefficient (Wildman–Crippen LogP) is 3.72. The molecule has 0 bridgehead atoms. The molecule has 156 valence electrons. The first-order valence-electron chi connectivity index (χ1n) is 10.1. The fourth-order valence-electron chi connectivity index (χ4n) is 3.42. The Labute approximate surface area is 179 Å². The molecule has 1 heterocycles. The van der Waals surface area contributed by atoms with Crippen LogP contribution in [0.5, 0.6) is 0 Å². The van der Waals surface area contributed by atoms with Crippen LogP contribution in [0.15, 0.2) is 64.5 Å². The third-order valence-electron chi connectivity index (χ3n) is 5.11. The van der Waals surface area contributed by atoms with Crippen LogP contribution in [0, 0.1) is 0 Å². The lowest BCUT2D eigenvalue weighted by molar-refractivity contribution is -0.120. The van der Waals surface area contributed by atoms with Gasteiger partial charge in [0.05, 0.1) is 23.6 Å². The standard InChI is InChI=1S/C23H25N3O3S/c1-15(14-29-2)26-22(28)18-10-6-7-11-19(18)25-23(26)30-20(16-8-4-3-5-9-16)21(27)24-17-12-13-17/h3-11,15,17,20H,12-14H2,1-2H3,(H,24,27)/t15-,20+/m0/s1. The van der Waals surface area contributed by atoms with Crippen LogP contribution < -0.4 is 10.9 Å². The summed E-state index contributed by atoms with van der Waals surface area (Å²) in [5.74, 6) is -0.0537. The van der Waals surface area contributed by atoms with E-state index in [0.29, 0.717) is 22.7 Å². The maximum absolute atomic E-state index is 13.3. The molecule has 1 fully saturated rings. The monoisotopic (exact) mass is 423 g/mol. The number of methoxy groups -OCH3 is 1. The van der Waals surface area contributed by atoms with Gasteiger partial charge in [0.15, 0.2) is 5.16 Å². The van der Waals surface area contributed by atoms with E-state index in [2.05, 4.69) is 5.32 Å². The van der Waals surface area contributed by atoms with E-state index in [1.165, 1.54) is 11.8 Å². The van der Waals surface area contributed by atoms with E-state index >= 15 is 0 Å². The highest BCUT2D eigenvalue weighted by molar-refractivity contribution is 8.00. The van der Waals surface area contributed by atoms with Gasteiger partial charge in [0, 0.05) is 13.2 Å². The van der Waals surface area contributed by atoms with Crippen LogP contribution in [0.2, 0.25) is 0 Å². The molecule has 30 heavy (non-hydrogen) atoms. The summed E-state index contributed by atoms with van der Waals surface area (Å²) in [5.41, 5.74) is 1.39. The Morgan fingerprint density at radius 3 is 2.60 bits per heavy atom. The lowest BCUT2D eigenvalue weighted by atomic mass is 10.1. The highest BCUT2D eigenvalue weighted by Gasteiger charge is 2.31. The van der Waals surface area contributed by atoms with Crippen LogP contribution >= 0.6 is 11.8 Å². The van der Waals surface area contributed by atoms with Crippen molar-refractivity contribution in [3.63, 3.8) is 0 Å². The molecule has 2 aromatic carbocycles. The number of rotatable bonds is 8. The van der Waals surface area contributed by atoms with Gasteiger partial charge >= 0.3 is 0 Å². The molecule has 1 saturated carbocycles. The first kappa shape index (κ1) is 20.6. The van der Waals surface area contributed by atoms with E-state index < -0.39 is 5.25 Å². The normalized spacial score (nSPS) is 15.7. The van der Waals surface area contributed by atoms with Crippen molar-refractivity contribution in [2.75, 3.05) is 13.7 Å². The van der Waals surface area contributed by atoms with E-state index in [0.717, 1.165) is 18.4 Å². The van der Waals surface area contributed by atoms with Crippen LogP contribution in [0.25, 0.3) is 10.9 Å². The summed E-state index contributed by atoms with van der Waals surface area (Å²) in [6.45, 7) is 2.30. The minimum Gasteiger partial charge on any atom is -0.383 e. The molecule has 1 amide bonds. The molecule has 1 N–H and O–H groups in total. The smallest absolute Gasteiger partial charge is 0.262 e. The Morgan fingerprint density at radius 2 is 1.90 bits per heavy atom. The zero-order valence-corrected chi connectivity index (χ0v) is 17.9. The van der Waals surface area contributed by atoms with Gasteiger partial charge in [0.2, 0.25) is 5.91 Å². The number of para-hydroxylation sites is 1. The molecule has 6 nitrogen and oxygen atoms in total. The minimum atomic E-state index is -0.499. The van der Waals surface area contributed by atoms with Crippen LogP contribution in [0.1, 0.15) is 36.6 Å². The van der Waals surface area contributed by atoms with Crippen LogP contribution in [0.4, 0.5) is 0 Å². The van der Waals surface area contributed by atoms with Gasteiger partial charge in [0.1, 0.15) is 5.25 Å². The number of hydrogen-bond acceptors (Lipinski definition) is 5. The van der Waals surface area contributed by atoms with Crippen molar-refractivity contribution in [2.24, 2.45) is 0 Å². The van der Waals surface area contributed by atoms with Gasteiger partial charge in [-0.1, -0.05) is 54.2 Å². The maximum Gasteiger partial charge on any atom is 0.262 e. The summed E-state index contributed by atoms with van der Waals surface area (Å²) in [7, 11) is 1.61. The first-order chi connectivity index (χ1) is 14.6. The molecule has 0 spiro atoms. The zero-order valence-electron chi connectivity index (χ0n) is 17.1. The summed E-state index contributed by atoms with van der Waals surface area (Å²) < 4.78 is 6.95. The van der Waals surface area contributed by atoms with Crippen molar-refractivity contribution in [1.82, 2.24) is 14.9 Å². The SMILES string of the molecule is COC[C@H](C)n1c(S[C@@H](C(=O)NC2CC2)c2ccccc2)nc2ccccc2c1=O. The second-order valence-electron chi connectivity index (χ2n) is 7.58. The number of ether oxygens (including phenoxy) is 1. The van der Waals surface area contributed by atoms with Gasteiger partial charge in [-0.2, -0.15) is 0 Å². The predicted molar refractivity (Wildman–Crippen MR) is 119 cm³/mol. The van der Waals surface area contributed by atoms with Crippen molar-refractivity contribution >= 4 is 28.6 Å². The number of thioether (sulfide) groups is 1. The highest BCUT2D eigenvalue weighted by Crippen LogP contribution is 2.36. The Balaban J connectivity index is 1.79. The molecule has 0 radical (unpaired) electrons. The summed E-state index contributed by atoms with van der Waals surface area (Å²) in [5, 5.41) is 3.67. The molecular formula is C23H25N3O3S. The van der Waals surface area contributed by atoms with E-state index in [1.54, 1.807) is 17.7 Å². The van der Waals surface area contributed by atoms with Crippen molar-refractivity contribution in [3.05, 3.63) is 70.5 Å². The van der Waals surface area contributed by atoms with Crippen molar-refractivity contribution in [3.8, 4) is 0 Å². The van der Waals surface area contributed by atoms with Gasteiger partial charge in [-0.15, -0.1) is 0 Å². The van der Waals surface area contributed by atoms with E-state index in [1.807, 2.05) is 55.5 Å². The molecule has 4 rings (SSSR count). The molecule has 0 unspecified atom stereocenters. The van der Waals surface area contributed by atoms with Crippen LogP contribution in [0.3, 0.4) is 0 Å². The number of benzene rings is 2. The Morgan fingerprint density at radius 1 is 1.20 bits per heavy atom. The topological polar surface area (TPSA) is 73.2 Å². The third kappa shape index (κ3) is 4.42. The van der Waals surface area contributed by atoms with Crippen molar-refractivity contribution in [1.29, 1.82) is 0 Å². The van der Waals surface area contributed by atoms with Gasteiger partial charge in [-0.05, 0) is 37.5 Å². The fraction of sp³-hybridized carbons (Fsp3) is 0.348. The second-order valence-corrected chi connectivity index (χ2v) is 8.65. The van der Waals surface area contributed by atoms with Crippen molar-refractivity contribution < 1.29 is 9.53 Å². The molecule has 1 aliphatic carbocycles. The number of fused-ring (bicyclic) bond motifs is 1. The van der Waals surface area contributed by atoms with Crippen LogP contribution in [-0.2, 0) is 9.53 Å². The lowest BCUT2D eigenvalue weighted by Gasteiger charge is -2.22. The lowest BCUT2D eigenvalue weighted by Crippen LogP contribution is -2.32. The average molecular weight is 424 g/mol. The number of aromatic nitrogens is 2. The molecule has 3 aromatic rings. The Bertz CT molecular complexity index is 1100. The number of nitrogens with one attached hydrogen (secondary N) is 1. The largest absolute Gasteiger partial charge is 0.383 e. The zero-order chi connectivity index (χ0) is 21.1. The Kier molecular flexibility index (Phi) is 6.20. The minimum absolute atomic E-state index is 0.0537. The van der Waals surface area contributed by atoms with Gasteiger partial charge in [-0.3, -0.25) is 14.2 Å². The summed E-state index contributed by atoms with van der Waals surface area (Å²) >= 11 is 1.31. The van der Waals surface area contributed by atoms with E-state index in [-0.39, 0.29) is 23.6 Å². The molecular weight excluding hydrogens is 398 g/mol. The molecule has 0 aliphatic heterocycles. The van der Waals surface area contributed by atoms with E-state index in [4.69, 9.17) is 9.72 Å². The molecule has 7 heteroatoms. The maximum atomic E-state index is 13.3. The average Bonchev–Trinajstić information content (AvgIpc) is 3.57. The Hall–Kier alpha value is -2.64. The number of amides is 1. The number of hydrogen-bond donors (Lipinski definition) is 1. The van der Waals surface area contributed by atoms with Gasteiger partial charge in [0.25, 0.3) is 5.56 Å². The quantitative estimate of drug-likeness (QED) is 0.442. The fourth-order valence-corrected chi connectivity index (χ4v) is 4.63.